The van der Waals surface area contributed by atoms with Gasteiger partial charge in [0, 0.05) is 18.8 Å². The number of halogens is 1. The van der Waals surface area contributed by atoms with Crippen LogP contribution in [-0.2, 0) is 6.42 Å². The van der Waals surface area contributed by atoms with Crippen LogP contribution in [0.2, 0.25) is 0 Å². The second kappa shape index (κ2) is 6.17. The highest BCUT2D eigenvalue weighted by Gasteiger charge is 2.10. The Morgan fingerprint density at radius 1 is 1.32 bits per heavy atom. The van der Waals surface area contributed by atoms with E-state index in [2.05, 4.69) is 20.9 Å². The molecule has 0 aliphatic rings. The first-order valence-corrected chi connectivity index (χ1v) is 6.81. The second-order valence-corrected chi connectivity index (χ2v) is 5.34. The Hall–Kier alpha value is -1.39. The number of hydrogen-bond acceptors (Lipinski definition) is 3. The summed E-state index contributed by atoms with van der Waals surface area (Å²) in [6.45, 7) is 1.97. The lowest BCUT2D eigenvalue weighted by Crippen LogP contribution is -2.03. The molecule has 100 valence electrons. The molecule has 2 rings (SSSR count). The number of aliphatic hydroxyl groups is 1. The number of ether oxygens (including phenoxy) is 1. The molecular formula is C15H16BrNO2. The number of hydrogen-bond donors (Lipinski definition) is 1. The predicted octanol–water partition coefficient (Wildman–Crippen LogP) is 3.44. The fraction of sp³-hybridized carbons (Fsp3) is 0.267. The van der Waals surface area contributed by atoms with Crippen molar-refractivity contribution in [3.05, 3.63) is 57.8 Å². The third kappa shape index (κ3) is 3.55. The van der Waals surface area contributed by atoms with Crippen molar-refractivity contribution in [2.45, 2.75) is 19.4 Å². The molecule has 0 spiro atoms. The van der Waals surface area contributed by atoms with Crippen molar-refractivity contribution in [1.82, 2.24) is 4.98 Å². The topological polar surface area (TPSA) is 42.4 Å². The minimum Gasteiger partial charge on any atom is -0.496 e. The van der Waals surface area contributed by atoms with Crippen LogP contribution in [0.3, 0.4) is 0 Å². The average molecular weight is 322 g/mol. The van der Waals surface area contributed by atoms with E-state index in [1.807, 2.05) is 31.2 Å². The molecule has 4 heteroatoms. The molecule has 1 aromatic heterocycles. The SMILES string of the molecule is COc1ccc(CC(O)c2cncc(C)c2)cc1Br. The highest BCUT2D eigenvalue weighted by Crippen LogP contribution is 2.27. The Morgan fingerprint density at radius 3 is 2.74 bits per heavy atom. The van der Waals surface area contributed by atoms with Crippen LogP contribution in [0.4, 0.5) is 0 Å². The molecule has 19 heavy (non-hydrogen) atoms. The lowest BCUT2D eigenvalue weighted by Gasteiger charge is -2.12. The molecule has 1 atom stereocenters. The van der Waals surface area contributed by atoms with Gasteiger partial charge in [-0.3, -0.25) is 4.98 Å². The van der Waals surface area contributed by atoms with Crippen molar-refractivity contribution >= 4 is 15.9 Å². The molecule has 1 heterocycles. The molecule has 2 aromatic rings. The van der Waals surface area contributed by atoms with Gasteiger partial charge in [0.25, 0.3) is 0 Å². The average Bonchev–Trinajstić information content (AvgIpc) is 2.39. The molecule has 0 amide bonds. The molecule has 1 aromatic carbocycles. The van der Waals surface area contributed by atoms with Crippen LogP contribution in [0.15, 0.2) is 41.1 Å². The zero-order valence-corrected chi connectivity index (χ0v) is 12.5. The summed E-state index contributed by atoms with van der Waals surface area (Å²) in [7, 11) is 1.63. The van der Waals surface area contributed by atoms with Crippen LogP contribution < -0.4 is 4.74 Å². The summed E-state index contributed by atoms with van der Waals surface area (Å²) in [6, 6.07) is 7.76. The largest absolute Gasteiger partial charge is 0.496 e. The maximum absolute atomic E-state index is 10.2. The van der Waals surface area contributed by atoms with Gasteiger partial charge in [0.15, 0.2) is 0 Å². The smallest absolute Gasteiger partial charge is 0.133 e. The van der Waals surface area contributed by atoms with E-state index >= 15 is 0 Å². The van der Waals surface area contributed by atoms with E-state index < -0.39 is 6.10 Å². The highest BCUT2D eigenvalue weighted by molar-refractivity contribution is 9.10. The Bertz CT molecular complexity index is 572. The van der Waals surface area contributed by atoms with E-state index in [0.717, 1.165) is 26.9 Å². The number of rotatable bonds is 4. The number of pyridine rings is 1. The van der Waals surface area contributed by atoms with Gasteiger partial charge in [-0.05, 0) is 51.7 Å². The summed E-state index contributed by atoms with van der Waals surface area (Å²) in [4.78, 5) is 4.10. The van der Waals surface area contributed by atoms with Crippen LogP contribution in [0.5, 0.6) is 5.75 Å². The van der Waals surface area contributed by atoms with Gasteiger partial charge >= 0.3 is 0 Å². The van der Waals surface area contributed by atoms with Gasteiger partial charge in [0.2, 0.25) is 0 Å². The van der Waals surface area contributed by atoms with Crippen LogP contribution in [0, 0.1) is 6.92 Å². The normalized spacial score (nSPS) is 12.2. The number of aliphatic hydroxyl groups excluding tert-OH is 1. The van der Waals surface area contributed by atoms with Gasteiger partial charge in [-0.25, -0.2) is 0 Å². The molecule has 0 saturated carbocycles. The summed E-state index contributed by atoms with van der Waals surface area (Å²) in [5.41, 5.74) is 2.93. The van der Waals surface area contributed by atoms with E-state index in [1.165, 1.54) is 0 Å². The van der Waals surface area contributed by atoms with Crippen LogP contribution in [-0.4, -0.2) is 17.2 Å². The van der Waals surface area contributed by atoms with Gasteiger partial charge in [-0.2, -0.15) is 0 Å². The van der Waals surface area contributed by atoms with Crippen LogP contribution >= 0.6 is 15.9 Å². The Labute approximate surface area is 121 Å². The van der Waals surface area contributed by atoms with Crippen molar-refractivity contribution in [3.63, 3.8) is 0 Å². The second-order valence-electron chi connectivity index (χ2n) is 4.48. The quantitative estimate of drug-likeness (QED) is 0.938. The van der Waals surface area contributed by atoms with Gasteiger partial charge in [-0.1, -0.05) is 12.1 Å². The van der Waals surface area contributed by atoms with Gasteiger partial charge < -0.3 is 9.84 Å². The van der Waals surface area contributed by atoms with E-state index in [4.69, 9.17) is 4.74 Å². The molecule has 0 fully saturated rings. The first-order chi connectivity index (χ1) is 9.10. The molecule has 1 N–H and O–H groups in total. The molecule has 0 bridgehead atoms. The van der Waals surface area contributed by atoms with Crippen molar-refractivity contribution in [2.75, 3.05) is 7.11 Å². The monoisotopic (exact) mass is 321 g/mol. The first-order valence-electron chi connectivity index (χ1n) is 6.02. The van der Waals surface area contributed by atoms with Gasteiger partial charge in [0.1, 0.15) is 5.75 Å². The standard InChI is InChI=1S/C15H16BrNO2/c1-10-5-12(9-17-8-10)14(18)7-11-3-4-15(19-2)13(16)6-11/h3-6,8-9,14,18H,7H2,1-2H3. The first kappa shape index (κ1) is 14.0. The highest BCUT2D eigenvalue weighted by atomic mass is 79.9. The number of nitrogens with zero attached hydrogens (tertiary/aromatic N) is 1. The summed E-state index contributed by atoms with van der Waals surface area (Å²) in [5.74, 6) is 0.787. The molecular weight excluding hydrogens is 306 g/mol. The summed E-state index contributed by atoms with van der Waals surface area (Å²) in [6.07, 6.45) is 3.48. The zero-order chi connectivity index (χ0) is 13.8. The van der Waals surface area contributed by atoms with Crippen molar-refractivity contribution in [1.29, 1.82) is 0 Å². The maximum Gasteiger partial charge on any atom is 0.133 e. The number of aryl methyl sites for hydroxylation is 1. The zero-order valence-electron chi connectivity index (χ0n) is 10.9. The van der Waals surface area contributed by atoms with Gasteiger partial charge in [-0.15, -0.1) is 0 Å². The van der Waals surface area contributed by atoms with Gasteiger partial charge in [0.05, 0.1) is 17.7 Å². The predicted molar refractivity (Wildman–Crippen MR) is 78.3 cm³/mol. The minimum absolute atomic E-state index is 0.548. The van der Waals surface area contributed by atoms with Crippen molar-refractivity contribution in [3.8, 4) is 5.75 Å². The molecule has 0 saturated heterocycles. The lowest BCUT2D eigenvalue weighted by molar-refractivity contribution is 0.178. The summed E-state index contributed by atoms with van der Waals surface area (Å²) < 4.78 is 6.08. The lowest BCUT2D eigenvalue weighted by atomic mass is 10.0. The molecule has 3 nitrogen and oxygen atoms in total. The number of aromatic nitrogens is 1. The third-order valence-corrected chi connectivity index (χ3v) is 3.55. The molecule has 0 aliphatic carbocycles. The maximum atomic E-state index is 10.2. The van der Waals surface area contributed by atoms with Crippen LogP contribution in [0.25, 0.3) is 0 Å². The van der Waals surface area contributed by atoms with Crippen molar-refractivity contribution in [2.24, 2.45) is 0 Å². The van der Waals surface area contributed by atoms with E-state index in [1.54, 1.807) is 19.5 Å². The number of methoxy groups -OCH3 is 1. The molecule has 0 radical (unpaired) electrons. The summed E-state index contributed by atoms with van der Waals surface area (Å²) in [5, 5.41) is 10.2. The number of benzene rings is 1. The minimum atomic E-state index is -0.548. The van der Waals surface area contributed by atoms with E-state index in [0.29, 0.717) is 6.42 Å². The molecule has 1 unspecified atom stereocenters. The fourth-order valence-electron chi connectivity index (χ4n) is 1.94. The van der Waals surface area contributed by atoms with Crippen LogP contribution in [0.1, 0.15) is 22.8 Å². The van der Waals surface area contributed by atoms with E-state index in [-0.39, 0.29) is 0 Å². The van der Waals surface area contributed by atoms with E-state index in [9.17, 15) is 5.11 Å². The molecule has 0 aliphatic heterocycles. The summed E-state index contributed by atoms with van der Waals surface area (Å²) >= 11 is 3.45. The fourth-order valence-corrected chi connectivity index (χ4v) is 2.53. The Kier molecular flexibility index (Phi) is 4.56. The Balaban J connectivity index is 2.14. The van der Waals surface area contributed by atoms with Crippen molar-refractivity contribution < 1.29 is 9.84 Å². The third-order valence-electron chi connectivity index (χ3n) is 2.93. The Morgan fingerprint density at radius 2 is 2.11 bits per heavy atom.